The van der Waals surface area contributed by atoms with Gasteiger partial charge in [0.25, 0.3) is 0 Å². The van der Waals surface area contributed by atoms with Gasteiger partial charge in [0, 0.05) is 11.8 Å². The molecule has 0 radical (unpaired) electrons. The van der Waals surface area contributed by atoms with Gasteiger partial charge in [-0.15, -0.1) is 0 Å². The molecule has 1 aromatic rings. The van der Waals surface area contributed by atoms with Crippen LogP contribution in [0.25, 0.3) is 0 Å². The van der Waals surface area contributed by atoms with Crippen LogP contribution in [-0.2, 0) is 19.6 Å². The summed E-state index contributed by atoms with van der Waals surface area (Å²) in [6, 6.07) is 8.58. The molecule has 3 saturated carbocycles. The van der Waals surface area contributed by atoms with Crippen molar-refractivity contribution in [3.8, 4) is 0 Å². The molecule has 38 heavy (non-hydrogen) atoms. The molecule has 0 bridgehead atoms. The van der Waals surface area contributed by atoms with Crippen molar-refractivity contribution in [1.82, 2.24) is 0 Å². The van der Waals surface area contributed by atoms with E-state index in [4.69, 9.17) is 9.78 Å². The Balaban J connectivity index is 1.32. The first-order valence-electron chi connectivity index (χ1n) is 15.2. The van der Waals surface area contributed by atoms with Gasteiger partial charge in [-0.3, -0.25) is 0 Å². The van der Waals surface area contributed by atoms with E-state index >= 15 is 0 Å². The van der Waals surface area contributed by atoms with Crippen LogP contribution in [0.15, 0.2) is 35.2 Å². The zero-order valence-electron chi connectivity index (χ0n) is 24.2. The van der Waals surface area contributed by atoms with Gasteiger partial charge in [-0.25, -0.2) is 18.2 Å². The molecule has 0 spiro atoms. The van der Waals surface area contributed by atoms with Crippen LogP contribution >= 0.6 is 0 Å². The van der Waals surface area contributed by atoms with E-state index in [1.165, 1.54) is 38.5 Å². The molecule has 1 N–H and O–H groups in total. The Morgan fingerprint density at radius 3 is 2.42 bits per heavy atom. The summed E-state index contributed by atoms with van der Waals surface area (Å²) < 4.78 is 26.3. The third kappa shape index (κ3) is 4.90. The number of hydrogen-bond donors (Lipinski definition) is 1. The van der Waals surface area contributed by atoms with Crippen molar-refractivity contribution in [2.24, 2.45) is 46.3 Å². The Bertz CT molecular complexity index is 1070. The average Bonchev–Trinajstić information content (AvgIpc) is 3.22. The Labute approximate surface area is 230 Å². The van der Waals surface area contributed by atoms with Crippen LogP contribution in [0.4, 0.5) is 0 Å². The largest absolute Gasteiger partial charge is 0.363 e. The molecule has 0 amide bonds. The van der Waals surface area contributed by atoms with Crippen LogP contribution < -0.4 is 0 Å². The maximum Gasteiger partial charge on any atom is 0.204 e. The highest BCUT2D eigenvalue weighted by Gasteiger charge is 2.66. The smallest absolute Gasteiger partial charge is 0.204 e. The fraction of sp³-hybridized carbons (Fsp3) is 0.812. The highest BCUT2D eigenvalue weighted by atomic mass is 32.2. The fourth-order valence-electron chi connectivity index (χ4n) is 9.60. The van der Waals surface area contributed by atoms with Gasteiger partial charge in [0.1, 0.15) is 6.10 Å². The second kappa shape index (κ2) is 10.5. The van der Waals surface area contributed by atoms with Crippen molar-refractivity contribution in [3.05, 3.63) is 30.3 Å². The predicted molar refractivity (Wildman–Crippen MR) is 150 cm³/mol. The molecule has 5 nitrogen and oxygen atoms in total. The maximum atomic E-state index is 13.1. The summed E-state index contributed by atoms with van der Waals surface area (Å²) in [5.74, 6) is 2.39. The molecule has 4 fully saturated rings. The highest BCUT2D eigenvalue weighted by molar-refractivity contribution is 7.91. The van der Waals surface area contributed by atoms with Crippen LogP contribution in [-0.4, -0.2) is 31.2 Å². The average molecular weight is 547 g/mol. The summed E-state index contributed by atoms with van der Waals surface area (Å²) in [5, 5.41) is 11.7. The Morgan fingerprint density at radius 2 is 1.71 bits per heavy atom. The van der Waals surface area contributed by atoms with Crippen molar-refractivity contribution >= 4 is 9.84 Å². The second-order valence-corrected chi connectivity index (χ2v) is 16.3. The minimum absolute atomic E-state index is 0.128. The standard InChI is InChI=1S/C32H50O5S/c1-22(2)10-9-11-23(3)27-14-15-28-26-16-19-32(33)31(5,29(26)17-18-30(27,28)4)20-24(36-37-32)21-38(34,35)25-12-7-6-8-13-25/h6-8,12-13,22-24,26-29,33H,9-11,14-21H2,1-5H3/t23-,24+,26+,27-,28+,29+,30-,31-,32-/m1/s1. The van der Waals surface area contributed by atoms with Gasteiger partial charge in [-0.1, -0.05) is 72.1 Å². The first kappa shape index (κ1) is 28.6. The van der Waals surface area contributed by atoms with Crippen LogP contribution in [0, 0.1) is 46.3 Å². The number of benzene rings is 1. The number of aliphatic hydroxyl groups is 1. The Kier molecular flexibility index (Phi) is 7.87. The molecule has 3 aliphatic carbocycles. The quantitative estimate of drug-likeness (QED) is 0.349. The van der Waals surface area contributed by atoms with E-state index in [0.29, 0.717) is 40.9 Å². The normalized spacial score (nSPS) is 41.8. The van der Waals surface area contributed by atoms with Crippen LogP contribution in [0.1, 0.15) is 98.8 Å². The lowest BCUT2D eigenvalue weighted by atomic mass is 9.46. The third-order valence-electron chi connectivity index (χ3n) is 11.6. The summed E-state index contributed by atoms with van der Waals surface area (Å²) in [7, 11) is -3.51. The lowest BCUT2D eigenvalue weighted by Crippen LogP contribution is -2.64. The van der Waals surface area contributed by atoms with E-state index in [-0.39, 0.29) is 5.75 Å². The first-order valence-corrected chi connectivity index (χ1v) is 16.9. The molecule has 5 rings (SSSR count). The Hall–Kier alpha value is -0.950. The predicted octanol–water partition coefficient (Wildman–Crippen LogP) is 7.19. The van der Waals surface area contributed by atoms with E-state index in [9.17, 15) is 13.5 Å². The van der Waals surface area contributed by atoms with Crippen molar-refractivity contribution in [3.63, 3.8) is 0 Å². The zero-order chi connectivity index (χ0) is 27.3. The highest BCUT2D eigenvalue weighted by Crippen LogP contribution is 2.68. The van der Waals surface area contributed by atoms with Crippen molar-refractivity contribution in [2.45, 2.75) is 116 Å². The molecule has 1 saturated heterocycles. The molecule has 1 heterocycles. The molecule has 4 aliphatic rings. The second-order valence-electron chi connectivity index (χ2n) is 14.2. The summed E-state index contributed by atoms with van der Waals surface area (Å²) in [4.78, 5) is 11.7. The molecular formula is C32H50O5S. The molecular weight excluding hydrogens is 496 g/mol. The molecule has 1 aliphatic heterocycles. The fourth-order valence-corrected chi connectivity index (χ4v) is 11.0. The van der Waals surface area contributed by atoms with Gasteiger partial charge in [0.15, 0.2) is 9.84 Å². The molecule has 0 unspecified atom stereocenters. The monoisotopic (exact) mass is 546 g/mol. The Morgan fingerprint density at radius 1 is 0.974 bits per heavy atom. The van der Waals surface area contributed by atoms with Gasteiger partial charge in [0.2, 0.25) is 5.79 Å². The van der Waals surface area contributed by atoms with E-state index in [2.05, 4.69) is 34.6 Å². The number of sulfone groups is 1. The molecule has 214 valence electrons. The molecule has 1 aromatic carbocycles. The van der Waals surface area contributed by atoms with Crippen LogP contribution in [0.3, 0.4) is 0 Å². The summed E-state index contributed by atoms with van der Waals surface area (Å²) in [6.45, 7) is 11.9. The third-order valence-corrected chi connectivity index (χ3v) is 13.4. The van der Waals surface area contributed by atoms with Gasteiger partial charge < -0.3 is 5.11 Å². The van der Waals surface area contributed by atoms with Crippen molar-refractivity contribution in [2.75, 3.05) is 5.75 Å². The van der Waals surface area contributed by atoms with E-state index in [1.807, 2.05) is 6.07 Å². The summed E-state index contributed by atoms with van der Waals surface area (Å²) in [5.41, 5.74) is -0.153. The van der Waals surface area contributed by atoms with E-state index in [1.54, 1.807) is 24.3 Å². The minimum Gasteiger partial charge on any atom is -0.363 e. The lowest BCUT2D eigenvalue weighted by Gasteiger charge is -2.62. The van der Waals surface area contributed by atoms with Crippen molar-refractivity contribution in [1.29, 1.82) is 0 Å². The zero-order valence-corrected chi connectivity index (χ0v) is 25.0. The van der Waals surface area contributed by atoms with Gasteiger partial charge in [-0.2, -0.15) is 0 Å². The SMILES string of the molecule is CC(C)CCC[C@@H](C)[C@H]1CC[C@H]2[C@@H]3CC[C@@]4(O)OO[C@H](CS(=O)(=O)c5ccccc5)C[C@]4(C)[C@H]3CC[C@]12C. The number of fused-ring (bicyclic) bond motifs is 5. The van der Waals surface area contributed by atoms with Crippen LogP contribution in [0.5, 0.6) is 0 Å². The summed E-state index contributed by atoms with van der Waals surface area (Å²) in [6.07, 6.45) is 10.3. The van der Waals surface area contributed by atoms with E-state index < -0.39 is 27.1 Å². The van der Waals surface area contributed by atoms with Gasteiger partial charge in [-0.05, 0) is 91.6 Å². The van der Waals surface area contributed by atoms with Gasteiger partial charge in [0.05, 0.1) is 10.6 Å². The summed E-state index contributed by atoms with van der Waals surface area (Å²) >= 11 is 0. The van der Waals surface area contributed by atoms with Gasteiger partial charge >= 0.3 is 0 Å². The molecule has 0 aromatic heterocycles. The lowest BCUT2D eigenvalue weighted by molar-refractivity contribution is -0.507. The topological polar surface area (TPSA) is 72.8 Å². The van der Waals surface area contributed by atoms with E-state index in [0.717, 1.165) is 30.6 Å². The first-order chi connectivity index (χ1) is 17.9. The maximum absolute atomic E-state index is 13.1. The number of rotatable bonds is 8. The minimum atomic E-state index is -3.51. The molecule has 6 heteroatoms. The van der Waals surface area contributed by atoms with Crippen molar-refractivity contribution < 1.29 is 23.3 Å². The number of hydrogen-bond acceptors (Lipinski definition) is 5. The van der Waals surface area contributed by atoms with Crippen LogP contribution in [0.2, 0.25) is 0 Å². The molecule has 9 atom stereocenters.